The van der Waals surface area contributed by atoms with Crippen molar-refractivity contribution in [2.75, 3.05) is 0 Å². The molecule has 5 nitrogen and oxygen atoms in total. The molecular weight excluding hydrogens is 340 g/mol. The Hall–Kier alpha value is -2.92. The lowest BCUT2D eigenvalue weighted by atomic mass is 10.1. The van der Waals surface area contributed by atoms with Crippen LogP contribution in [0.3, 0.4) is 0 Å². The van der Waals surface area contributed by atoms with Crippen LogP contribution in [0, 0.1) is 0 Å². The van der Waals surface area contributed by atoms with E-state index in [9.17, 15) is 9.90 Å². The number of pyridine rings is 2. The largest absolute Gasteiger partial charge is 0.488 e. The van der Waals surface area contributed by atoms with Crippen molar-refractivity contribution in [1.82, 2.24) is 9.55 Å². The maximum absolute atomic E-state index is 11.5. The summed E-state index contributed by atoms with van der Waals surface area (Å²) in [6.45, 7) is 1.87. The van der Waals surface area contributed by atoms with Crippen molar-refractivity contribution in [1.29, 1.82) is 0 Å². The van der Waals surface area contributed by atoms with Gasteiger partial charge in [-0.05, 0) is 60.7 Å². The Morgan fingerprint density at radius 3 is 2.52 bits per heavy atom. The fraction of sp³-hybridized carbons (Fsp3) is 0.273. The van der Waals surface area contributed by atoms with Gasteiger partial charge < -0.3 is 14.4 Å². The minimum Gasteiger partial charge on any atom is -0.488 e. The van der Waals surface area contributed by atoms with Gasteiger partial charge in [-0.2, -0.15) is 0 Å². The van der Waals surface area contributed by atoms with Crippen LogP contribution >= 0.6 is 0 Å². The van der Waals surface area contributed by atoms with E-state index in [2.05, 4.69) is 4.98 Å². The van der Waals surface area contributed by atoms with Crippen LogP contribution in [0.15, 0.2) is 71.9 Å². The SMILES string of the molecule is C[C@H](Oc1ccc(-c2ccc(=O)n(C)c2)cc1)[C@H](O)CCc1cccnc1. The zero-order valence-electron chi connectivity index (χ0n) is 15.6. The molecular formula is C22H24N2O3. The molecule has 0 fully saturated rings. The molecule has 0 saturated carbocycles. The Labute approximate surface area is 158 Å². The number of aryl methyl sites for hydroxylation is 2. The van der Waals surface area contributed by atoms with E-state index in [0.717, 1.165) is 23.1 Å². The molecule has 0 radical (unpaired) electrons. The second kappa shape index (κ2) is 8.64. The number of hydrogen-bond donors (Lipinski definition) is 1. The Balaban J connectivity index is 1.58. The third-order valence-corrected chi connectivity index (χ3v) is 4.59. The van der Waals surface area contributed by atoms with Crippen molar-refractivity contribution in [2.24, 2.45) is 7.05 Å². The highest BCUT2D eigenvalue weighted by Gasteiger charge is 2.16. The normalized spacial score (nSPS) is 13.1. The first-order chi connectivity index (χ1) is 13.0. The first-order valence-electron chi connectivity index (χ1n) is 9.03. The number of rotatable bonds is 7. The van der Waals surface area contributed by atoms with Gasteiger partial charge in [0.2, 0.25) is 5.56 Å². The van der Waals surface area contributed by atoms with Gasteiger partial charge in [0.25, 0.3) is 0 Å². The first kappa shape index (κ1) is 18.9. The van der Waals surface area contributed by atoms with Crippen molar-refractivity contribution < 1.29 is 9.84 Å². The van der Waals surface area contributed by atoms with E-state index < -0.39 is 6.10 Å². The van der Waals surface area contributed by atoms with E-state index in [-0.39, 0.29) is 11.7 Å². The van der Waals surface area contributed by atoms with Crippen molar-refractivity contribution in [2.45, 2.75) is 32.0 Å². The second-order valence-corrected chi connectivity index (χ2v) is 6.68. The number of hydrogen-bond acceptors (Lipinski definition) is 4. The lowest BCUT2D eigenvalue weighted by Gasteiger charge is -2.20. The van der Waals surface area contributed by atoms with Gasteiger partial charge in [-0.3, -0.25) is 9.78 Å². The Kier molecular flexibility index (Phi) is 6.04. The molecule has 2 aromatic heterocycles. The summed E-state index contributed by atoms with van der Waals surface area (Å²) < 4.78 is 7.43. The Morgan fingerprint density at radius 1 is 1.11 bits per heavy atom. The molecule has 0 spiro atoms. The van der Waals surface area contributed by atoms with E-state index in [1.165, 1.54) is 0 Å². The predicted octanol–water partition coefficient (Wildman–Crippen LogP) is 3.21. The molecule has 0 aliphatic carbocycles. The first-order valence-corrected chi connectivity index (χ1v) is 9.03. The molecule has 27 heavy (non-hydrogen) atoms. The number of aromatic nitrogens is 2. The highest BCUT2D eigenvalue weighted by atomic mass is 16.5. The van der Waals surface area contributed by atoms with Gasteiger partial charge in [0.15, 0.2) is 0 Å². The monoisotopic (exact) mass is 364 g/mol. The lowest BCUT2D eigenvalue weighted by molar-refractivity contribution is 0.0420. The van der Waals surface area contributed by atoms with E-state index in [0.29, 0.717) is 12.2 Å². The van der Waals surface area contributed by atoms with E-state index in [4.69, 9.17) is 4.74 Å². The molecule has 0 amide bonds. The quantitative estimate of drug-likeness (QED) is 0.699. The summed E-state index contributed by atoms with van der Waals surface area (Å²) in [4.78, 5) is 15.6. The van der Waals surface area contributed by atoms with Crippen molar-refractivity contribution >= 4 is 0 Å². The number of aliphatic hydroxyl groups excluding tert-OH is 1. The molecule has 0 saturated heterocycles. The highest BCUT2D eigenvalue weighted by Crippen LogP contribution is 2.23. The van der Waals surface area contributed by atoms with Crippen molar-refractivity contribution in [3.05, 3.63) is 83.0 Å². The number of benzene rings is 1. The molecule has 5 heteroatoms. The van der Waals surface area contributed by atoms with Gasteiger partial charge in [-0.25, -0.2) is 0 Å². The van der Waals surface area contributed by atoms with E-state index in [1.54, 1.807) is 23.9 Å². The fourth-order valence-electron chi connectivity index (χ4n) is 2.88. The maximum Gasteiger partial charge on any atom is 0.250 e. The van der Waals surface area contributed by atoms with Gasteiger partial charge in [0.05, 0.1) is 6.10 Å². The van der Waals surface area contributed by atoms with Crippen LogP contribution in [0.2, 0.25) is 0 Å². The number of aliphatic hydroxyl groups is 1. The third kappa shape index (κ3) is 5.05. The van der Waals surface area contributed by atoms with Crippen LogP contribution in [0.25, 0.3) is 11.1 Å². The van der Waals surface area contributed by atoms with E-state index in [1.807, 2.05) is 61.8 Å². The van der Waals surface area contributed by atoms with Gasteiger partial charge in [-0.1, -0.05) is 18.2 Å². The number of nitrogens with zero attached hydrogens (tertiary/aromatic N) is 2. The summed E-state index contributed by atoms with van der Waals surface area (Å²) in [6, 6.07) is 14.9. The molecule has 2 atom stereocenters. The van der Waals surface area contributed by atoms with Crippen molar-refractivity contribution in [3.8, 4) is 16.9 Å². The molecule has 1 aromatic carbocycles. The van der Waals surface area contributed by atoms with Crippen molar-refractivity contribution in [3.63, 3.8) is 0 Å². The van der Waals surface area contributed by atoms with Crippen LogP contribution in [0.4, 0.5) is 0 Å². The highest BCUT2D eigenvalue weighted by molar-refractivity contribution is 5.63. The molecule has 0 aliphatic rings. The van der Waals surface area contributed by atoms with Crippen LogP contribution in [0.1, 0.15) is 18.9 Å². The molecule has 0 aliphatic heterocycles. The maximum atomic E-state index is 11.5. The van der Waals surface area contributed by atoms with Crippen LogP contribution < -0.4 is 10.3 Å². The summed E-state index contributed by atoms with van der Waals surface area (Å²) in [6.07, 6.45) is 5.86. The molecule has 0 unspecified atom stereocenters. The second-order valence-electron chi connectivity index (χ2n) is 6.68. The molecule has 140 valence electrons. The molecule has 0 bridgehead atoms. The zero-order valence-corrected chi connectivity index (χ0v) is 15.6. The average Bonchev–Trinajstić information content (AvgIpc) is 2.69. The summed E-state index contributed by atoms with van der Waals surface area (Å²) in [5.74, 6) is 0.705. The van der Waals surface area contributed by atoms with Gasteiger partial charge in [0, 0.05) is 31.7 Å². The van der Waals surface area contributed by atoms with E-state index >= 15 is 0 Å². The summed E-state index contributed by atoms with van der Waals surface area (Å²) in [7, 11) is 1.73. The standard InChI is InChI=1S/C22H24N2O3/c1-16(21(25)11-5-17-4-3-13-23-14-17)27-20-9-6-18(7-10-20)19-8-12-22(26)24(2)15-19/h3-4,6-10,12-16,21,25H,5,11H2,1-2H3/t16-,21+/m0/s1. The molecule has 3 rings (SSSR count). The van der Waals surface area contributed by atoms with Crippen LogP contribution in [-0.2, 0) is 13.5 Å². The molecule has 3 aromatic rings. The molecule has 2 heterocycles. The predicted molar refractivity (Wildman–Crippen MR) is 106 cm³/mol. The number of ether oxygens (including phenoxy) is 1. The van der Waals surface area contributed by atoms with Gasteiger partial charge in [-0.15, -0.1) is 0 Å². The third-order valence-electron chi connectivity index (χ3n) is 4.59. The minimum atomic E-state index is -0.562. The average molecular weight is 364 g/mol. The topological polar surface area (TPSA) is 64.3 Å². The van der Waals surface area contributed by atoms with Gasteiger partial charge >= 0.3 is 0 Å². The van der Waals surface area contributed by atoms with Gasteiger partial charge in [0.1, 0.15) is 11.9 Å². The summed E-state index contributed by atoms with van der Waals surface area (Å²) in [5.41, 5.74) is 3.04. The summed E-state index contributed by atoms with van der Waals surface area (Å²) >= 11 is 0. The Bertz CT molecular complexity index is 920. The lowest BCUT2D eigenvalue weighted by Crippen LogP contribution is -2.29. The molecule has 1 N–H and O–H groups in total. The van der Waals surface area contributed by atoms with Crippen LogP contribution in [0.5, 0.6) is 5.75 Å². The zero-order chi connectivity index (χ0) is 19.2. The smallest absolute Gasteiger partial charge is 0.250 e. The summed E-state index contributed by atoms with van der Waals surface area (Å²) in [5, 5.41) is 10.4. The van der Waals surface area contributed by atoms with Crippen LogP contribution in [-0.4, -0.2) is 26.9 Å². The minimum absolute atomic E-state index is 0.0344. The fourth-order valence-corrected chi connectivity index (χ4v) is 2.88. The Morgan fingerprint density at radius 2 is 1.85 bits per heavy atom.